The molecule has 1 aliphatic carbocycles. The molecule has 0 aliphatic heterocycles. The molecule has 292 valence electrons. The van der Waals surface area contributed by atoms with Crippen LogP contribution >= 0.6 is 0 Å². The van der Waals surface area contributed by atoms with Crippen molar-refractivity contribution >= 4 is 43.6 Å². The molecule has 4 heterocycles. The van der Waals surface area contributed by atoms with Crippen LogP contribution in [0.5, 0.6) is 0 Å². The van der Waals surface area contributed by atoms with Crippen molar-refractivity contribution in [1.29, 1.82) is 0 Å². The number of hydrogen-bond donors (Lipinski definition) is 0. The molecule has 11 aromatic rings. The molecule has 0 spiro atoms. The predicted molar refractivity (Wildman–Crippen MR) is 254 cm³/mol. The summed E-state index contributed by atoms with van der Waals surface area (Å²) < 4.78 is 4.61. The number of nitrogens with zero attached hydrogens (tertiary/aromatic N) is 6. The zero-order valence-corrected chi connectivity index (χ0v) is 33.7. The van der Waals surface area contributed by atoms with Gasteiger partial charge in [-0.2, -0.15) is 9.97 Å². The molecule has 12 rings (SSSR count). The largest absolute Gasteiger partial charge is 0.308 e. The highest BCUT2D eigenvalue weighted by atomic mass is 15.2. The van der Waals surface area contributed by atoms with Crippen LogP contribution in [0.25, 0.3) is 101 Å². The third-order valence-corrected chi connectivity index (χ3v) is 12.1. The first-order valence-electron chi connectivity index (χ1n) is 21.1. The van der Waals surface area contributed by atoms with Gasteiger partial charge in [-0.25, -0.2) is 9.97 Å². The van der Waals surface area contributed by atoms with Gasteiger partial charge in [-0.1, -0.05) is 170 Å². The third kappa shape index (κ3) is 6.03. The van der Waals surface area contributed by atoms with Crippen LogP contribution in [0.1, 0.15) is 17.9 Å². The van der Waals surface area contributed by atoms with Crippen molar-refractivity contribution in [2.24, 2.45) is 0 Å². The minimum atomic E-state index is 0.357. The zero-order valence-electron chi connectivity index (χ0n) is 33.7. The van der Waals surface area contributed by atoms with Crippen molar-refractivity contribution in [3.05, 3.63) is 218 Å². The number of benzene rings is 7. The molecule has 0 amide bonds. The average Bonchev–Trinajstić information content (AvgIpc) is 3.86. The summed E-state index contributed by atoms with van der Waals surface area (Å²) in [7, 11) is 0. The molecule has 4 aromatic heterocycles. The van der Waals surface area contributed by atoms with Crippen molar-refractivity contribution in [3.8, 4) is 56.9 Å². The molecule has 7 aromatic carbocycles. The highest BCUT2D eigenvalue weighted by Crippen LogP contribution is 2.41. The lowest BCUT2D eigenvalue weighted by Gasteiger charge is -2.15. The minimum absolute atomic E-state index is 0.357. The monoisotopic (exact) mass is 794 g/mol. The summed E-state index contributed by atoms with van der Waals surface area (Å²) in [5, 5.41) is 4.61. The van der Waals surface area contributed by atoms with E-state index in [1.54, 1.807) is 0 Å². The summed E-state index contributed by atoms with van der Waals surface area (Å²) in [5.74, 6) is 2.17. The van der Waals surface area contributed by atoms with Crippen molar-refractivity contribution in [2.75, 3.05) is 0 Å². The second kappa shape index (κ2) is 14.8. The van der Waals surface area contributed by atoms with Gasteiger partial charge in [0.1, 0.15) is 0 Å². The highest BCUT2D eigenvalue weighted by molar-refractivity contribution is 6.19. The van der Waals surface area contributed by atoms with E-state index in [0.29, 0.717) is 23.5 Å². The van der Waals surface area contributed by atoms with Gasteiger partial charge in [0.05, 0.1) is 39.1 Å². The fourth-order valence-corrected chi connectivity index (χ4v) is 9.16. The van der Waals surface area contributed by atoms with Gasteiger partial charge in [0.2, 0.25) is 5.95 Å². The summed E-state index contributed by atoms with van der Waals surface area (Å²) >= 11 is 0. The number of para-hydroxylation sites is 3. The molecule has 62 heavy (non-hydrogen) atoms. The van der Waals surface area contributed by atoms with Gasteiger partial charge in [-0.15, -0.1) is 0 Å². The third-order valence-electron chi connectivity index (χ3n) is 12.1. The predicted octanol–water partition coefficient (Wildman–Crippen LogP) is 13.7. The Labute approximate surface area is 358 Å². The first-order valence-corrected chi connectivity index (χ1v) is 21.1. The van der Waals surface area contributed by atoms with Crippen LogP contribution in [0.3, 0.4) is 0 Å². The van der Waals surface area contributed by atoms with Gasteiger partial charge in [0, 0.05) is 49.7 Å². The second-order valence-corrected chi connectivity index (χ2v) is 15.8. The zero-order chi connectivity index (χ0) is 41.0. The summed E-state index contributed by atoms with van der Waals surface area (Å²) in [6.07, 6.45) is 9.73. The summed E-state index contributed by atoms with van der Waals surface area (Å²) in [5.41, 5.74) is 12.4. The fraction of sp³-hybridized carbons (Fsp3) is 0.0357. The lowest BCUT2D eigenvalue weighted by Crippen LogP contribution is -2.06. The molecule has 6 nitrogen and oxygen atoms in total. The van der Waals surface area contributed by atoms with E-state index in [2.05, 4.69) is 197 Å². The van der Waals surface area contributed by atoms with Gasteiger partial charge in [0.25, 0.3) is 0 Å². The van der Waals surface area contributed by atoms with Gasteiger partial charge in [-0.3, -0.25) is 4.57 Å². The number of rotatable bonds is 7. The Morgan fingerprint density at radius 3 is 1.71 bits per heavy atom. The molecule has 0 saturated heterocycles. The van der Waals surface area contributed by atoms with Crippen LogP contribution in [0, 0.1) is 0 Å². The van der Waals surface area contributed by atoms with Gasteiger partial charge >= 0.3 is 0 Å². The molecule has 0 saturated carbocycles. The number of pyridine rings is 1. The number of aromatic nitrogens is 6. The molecule has 0 fully saturated rings. The molecule has 0 bridgehead atoms. The molecule has 1 aliphatic rings. The summed E-state index contributed by atoms with van der Waals surface area (Å²) in [6, 6.07) is 66.1. The van der Waals surface area contributed by atoms with E-state index in [9.17, 15) is 0 Å². The van der Waals surface area contributed by atoms with Gasteiger partial charge in [-0.05, 0) is 54.4 Å². The Morgan fingerprint density at radius 1 is 0.403 bits per heavy atom. The summed E-state index contributed by atoms with van der Waals surface area (Å²) in [6.45, 7) is 0. The number of allylic oxidation sites excluding steroid dienone is 4. The van der Waals surface area contributed by atoms with Gasteiger partial charge < -0.3 is 4.57 Å². The molecule has 6 heteroatoms. The van der Waals surface area contributed by atoms with Crippen LogP contribution in [-0.4, -0.2) is 29.1 Å². The van der Waals surface area contributed by atoms with Crippen molar-refractivity contribution in [2.45, 2.75) is 12.3 Å². The quantitative estimate of drug-likeness (QED) is 0.161. The molecule has 0 N–H and O–H groups in total. The van der Waals surface area contributed by atoms with E-state index in [-0.39, 0.29) is 0 Å². The molecular weight excluding hydrogens is 757 g/mol. The van der Waals surface area contributed by atoms with Crippen molar-refractivity contribution in [3.63, 3.8) is 0 Å². The van der Waals surface area contributed by atoms with E-state index in [4.69, 9.17) is 19.9 Å². The fourth-order valence-electron chi connectivity index (χ4n) is 9.16. The summed E-state index contributed by atoms with van der Waals surface area (Å²) in [4.78, 5) is 20.9. The van der Waals surface area contributed by atoms with Crippen molar-refractivity contribution < 1.29 is 0 Å². The topological polar surface area (TPSA) is 61.4 Å². The van der Waals surface area contributed by atoms with Crippen LogP contribution in [0.15, 0.2) is 212 Å². The Bertz CT molecular complexity index is 3540. The van der Waals surface area contributed by atoms with Crippen LogP contribution in [-0.2, 0) is 0 Å². The Hall–Kier alpha value is -8.22. The lowest BCUT2D eigenvalue weighted by atomic mass is 9.92. The maximum absolute atomic E-state index is 5.30. The molecule has 1 unspecified atom stereocenters. The van der Waals surface area contributed by atoms with Crippen molar-refractivity contribution in [1.82, 2.24) is 29.1 Å². The second-order valence-electron chi connectivity index (χ2n) is 15.8. The first kappa shape index (κ1) is 35.7. The van der Waals surface area contributed by atoms with E-state index in [1.165, 1.54) is 16.3 Å². The number of fused-ring (bicyclic) bond motifs is 6. The molecule has 0 radical (unpaired) electrons. The van der Waals surface area contributed by atoms with E-state index >= 15 is 0 Å². The average molecular weight is 795 g/mol. The Balaban J connectivity index is 1.09. The minimum Gasteiger partial charge on any atom is -0.308 e. The van der Waals surface area contributed by atoms with E-state index in [1.807, 2.05) is 24.3 Å². The van der Waals surface area contributed by atoms with E-state index < -0.39 is 0 Å². The highest BCUT2D eigenvalue weighted by Gasteiger charge is 2.22. The maximum Gasteiger partial charge on any atom is 0.238 e. The van der Waals surface area contributed by atoms with E-state index in [0.717, 1.165) is 78.6 Å². The van der Waals surface area contributed by atoms with Crippen LogP contribution in [0.2, 0.25) is 0 Å². The smallest absolute Gasteiger partial charge is 0.238 e. The first-order chi connectivity index (χ1) is 30.7. The SMILES string of the molecule is C1=CCC(c2ccc(-c3nc(-c4ccccc4)nc(-n4c5ccccc5c5cc6c7ccccc7n(-c7ccccc7-c7cccc(-c8ccccc8)n7)c6cc54)n3)cc2)C=C1. The van der Waals surface area contributed by atoms with Crippen LogP contribution in [0.4, 0.5) is 0 Å². The normalized spacial score (nSPS) is 13.8. The standard InChI is InChI=1S/C56H38N6/c1-4-17-37(18-5-1)38-31-33-41(34-32-38)55-58-54(40-21-8-3-9-22-40)59-56(60-55)62-50-29-14-11-24-43(50)46-35-45-42-23-10-13-28-49(42)61(52(45)36-53(46)62)51-30-15-12-25-44(51)48-27-16-26-47(57-48)39-19-6-2-7-20-39/h1-17,19-37H,18H2. The number of hydrogen-bond acceptors (Lipinski definition) is 4. The molecular formula is C56H38N6. The Morgan fingerprint density at radius 2 is 1.00 bits per heavy atom. The van der Waals surface area contributed by atoms with Gasteiger partial charge in [0.15, 0.2) is 11.6 Å². The lowest BCUT2D eigenvalue weighted by molar-refractivity contribution is 0.854. The molecule has 1 atom stereocenters. The maximum atomic E-state index is 5.30. The van der Waals surface area contributed by atoms with Crippen LogP contribution < -0.4 is 0 Å². The Kier molecular flexibility index (Phi) is 8.52.